The van der Waals surface area contributed by atoms with Gasteiger partial charge in [0.1, 0.15) is 24.1 Å². The number of carbonyl (C=O) groups excluding carboxylic acids is 1. The molecule has 15 heteroatoms. The van der Waals surface area contributed by atoms with Gasteiger partial charge in [0, 0.05) is 49.2 Å². The minimum Gasteiger partial charge on any atom is -0.345 e. The summed E-state index contributed by atoms with van der Waals surface area (Å²) in [5.74, 6) is -0.434. The normalized spacial score (nSPS) is 17.8. The second-order valence-electron chi connectivity index (χ2n) is 7.65. The predicted molar refractivity (Wildman–Crippen MR) is 119 cm³/mol. The van der Waals surface area contributed by atoms with E-state index < -0.39 is 34.7 Å². The van der Waals surface area contributed by atoms with Crippen molar-refractivity contribution in [3.8, 4) is 11.4 Å². The van der Waals surface area contributed by atoms with E-state index in [0.29, 0.717) is 21.6 Å². The van der Waals surface area contributed by atoms with Gasteiger partial charge in [-0.05, 0) is 12.1 Å². The number of sulfonamides is 1. The van der Waals surface area contributed by atoms with Crippen LogP contribution in [0.25, 0.3) is 22.4 Å². The highest BCUT2D eigenvalue weighted by Crippen LogP contribution is 2.29. The molecule has 0 saturated carbocycles. The molecule has 4 heterocycles. The van der Waals surface area contributed by atoms with E-state index in [4.69, 9.17) is 11.6 Å². The minimum atomic E-state index is -4.61. The van der Waals surface area contributed by atoms with Crippen LogP contribution >= 0.6 is 11.6 Å². The van der Waals surface area contributed by atoms with Crippen LogP contribution in [-0.2, 0) is 14.8 Å². The number of aromatic amines is 1. The molecule has 182 valence electrons. The summed E-state index contributed by atoms with van der Waals surface area (Å²) in [6, 6.07) is 1.96. The summed E-state index contributed by atoms with van der Waals surface area (Å²) in [7, 11) is -3.67. The second kappa shape index (κ2) is 9.00. The molecule has 3 aromatic rings. The molecule has 0 aliphatic carbocycles. The smallest absolute Gasteiger partial charge is 0.345 e. The zero-order valence-electron chi connectivity index (χ0n) is 17.7. The fourth-order valence-corrected chi connectivity index (χ4v) is 4.65. The molecule has 3 aromatic heterocycles. The van der Waals surface area contributed by atoms with Gasteiger partial charge in [-0.3, -0.25) is 4.79 Å². The van der Waals surface area contributed by atoms with Crippen molar-refractivity contribution in [1.29, 1.82) is 0 Å². The largest absolute Gasteiger partial charge is 0.405 e. The Bertz CT molecular complexity index is 1330. The number of aromatic nitrogens is 4. The molecule has 1 aliphatic heterocycles. The first-order chi connectivity index (χ1) is 15.9. The maximum atomic E-state index is 12.7. The maximum absolute atomic E-state index is 12.7. The summed E-state index contributed by atoms with van der Waals surface area (Å²) in [6.45, 7) is -1.79. The zero-order chi connectivity index (χ0) is 24.7. The van der Waals surface area contributed by atoms with Crippen LogP contribution in [0, 0.1) is 0 Å². The topological polar surface area (TPSA) is 124 Å². The van der Waals surface area contributed by atoms with E-state index in [0.717, 1.165) is 10.6 Å². The number of amides is 1. The number of carbonyl (C=O) groups is 1. The third kappa shape index (κ3) is 5.23. The highest BCUT2D eigenvalue weighted by molar-refractivity contribution is 7.88. The Labute approximate surface area is 197 Å². The van der Waals surface area contributed by atoms with Crippen LogP contribution in [-0.4, -0.2) is 83.2 Å². The van der Waals surface area contributed by atoms with E-state index in [1.54, 1.807) is 12.3 Å². The fourth-order valence-electron chi connectivity index (χ4n) is 3.66. The summed E-state index contributed by atoms with van der Waals surface area (Å²) < 4.78 is 63.1. The Kier molecular flexibility index (Phi) is 6.40. The number of piperazine rings is 1. The number of alkyl halides is 3. The summed E-state index contributed by atoms with van der Waals surface area (Å²) in [5.41, 5.74) is 1.14. The number of nitrogens with zero attached hydrogens (tertiary/aromatic N) is 5. The molecule has 1 fully saturated rings. The summed E-state index contributed by atoms with van der Waals surface area (Å²) in [6.07, 6.45) is 0.932. The number of hydrogen-bond donors (Lipinski definition) is 2. The molecule has 0 radical (unpaired) electrons. The van der Waals surface area contributed by atoms with E-state index >= 15 is 0 Å². The van der Waals surface area contributed by atoms with Gasteiger partial charge in [0.15, 0.2) is 5.82 Å². The van der Waals surface area contributed by atoms with Gasteiger partial charge in [-0.15, -0.1) is 0 Å². The van der Waals surface area contributed by atoms with Crippen molar-refractivity contribution in [2.75, 3.05) is 37.3 Å². The maximum Gasteiger partial charge on any atom is 0.405 e. The molecule has 0 unspecified atom stereocenters. The Morgan fingerprint density at radius 1 is 1.32 bits per heavy atom. The zero-order valence-corrected chi connectivity index (χ0v) is 19.2. The van der Waals surface area contributed by atoms with Crippen molar-refractivity contribution in [3.63, 3.8) is 0 Å². The molecular formula is C19H19ClF3N7O3S. The number of H-pyrrole nitrogens is 1. The lowest BCUT2D eigenvalue weighted by Gasteiger charge is -2.40. The Hall–Kier alpha value is -2.97. The molecule has 1 atom stereocenters. The van der Waals surface area contributed by atoms with E-state index in [1.165, 1.54) is 23.4 Å². The summed E-state index contributed by atoms with van der Waals surface area (Å²) in [5, 5.41) is 2.90. The minimum absolute atomic E-state index is 0.0355. The average molecular weight is 518 g/mol. The van der Waals surface area contributed by atoms with Crippen LogP contribution in [0.15, 0.2) is 30.7 Å². The van der Waals surface area contributed by atoms with Gasteiger partial charge < -0.3 is 15.2 Å². The number of hydrogen-bond acceptors (Lipinski definition) is 7. The number of rotatable bonds is 5. The molecular weight excluding hydrogens is 499 g/mol. The highest BCUT2D eigenvalue weighted by Gasteiger charge is 2.38. The first kappa shape index (κ1) is 24.2. The molecule has 34 heavy (non-hydrogen) atoms. The van der Waals surface area contributed by atoms with Crippen LogP contribution in [0.2, 0.25) is 5.02 Å². The van der Waals surface area contributed by atoms with Gasteiger partial charge in [-0.1, -0.05) is 11.6 Å². The van der Waals surface area contributed by atoms with Crippen molar-refractivity contribution in [3.05, 3.63) is 35.7 Å². The predicted octanol–water partition coefficient (Wildman–Crippen LogP) is 1.80. The van der Waals surface area contributed by atoms with Gasteiger partial charge in [0.25, 0.3) is 0 Å². The lowest BCUT2D eigenvalue weighted by atomic mass is 10.1. The summed E-state index contributed by atoms with van der Waals surface area (Å²) in [4.78, 5) is 30.1. The van der Waals surface area contributed by atoms with Gasteiger partial charge >= 0.3 is 6.18 Å². The third-order valence-electron chi connectivity index (χ3n) is 5.25. The third-order valence-corrected chi connectivity index (χ3v) is 6.73. The number of nitrogens with one attached hydrogen (secondary N) is 2. The van der Waals surface area contributed by atoms with Gasteiger partial charge in [0.2, 0.25) is 15.9 Å². The van der Waals surface area contributed by atoms with Gasteiger partial charge in [-0.25, -0.2) is 23.4 Å². The monoisotopic (exact) mass is 517 g/mol. The molecule has 0 spiro atoms. The molecule has 4 rings (SSSR count). The van der Waals surface area contributed by atoms with E-state index in [-0.39, 0.29) is 31.3 Å². The van der Waals surface area contributed by atoms with Crippen molar-refractivity contribution in [2.24, 2.45) is 0 Å². The molecule has 0 bridgehead atoms. The van der Waals surface area contributed by atoms with Crippen molar-refractivity contribution in [1.82, 2.24) is 29.6 Å². The van der Waals surface area contributed by atoms with E-state index in [9.17, 15) is 26.4 Å². The molecule has 1 amide bonds. The number of pyridine rings is 1. The highest BCUT2D eigenvalue weighted by atomic mass is 35.5. The molecule has 1 aliphatic rings. The number of anilines is 1. The van der Waals surface area contributed by atoms with Crippen LogP contribution < -0.4 is 10.2 Å². The van der Waals surface area contributed by atoms with Crippen molar-refractivity contribution in [2.45, 2.75) is 12.2 Å². The number of halogens is 4. The molecule has 2 N–H and O–H groups in total. The molecule has 0 aromatic carbocycles. The average Bonchev–Trinajstić information content (AvgIpc) is 3.19. The summed E-state index contributed by atoms with van der Waals surface area (Å²) >= 11 is 6.05. The van der Waals surface area contributed by atoms with Gasteiger partial charge in [0.05, 0.1) is 11.3 Å². The van der Waals surface area contributed by atoms with Crippen LogP contribution in [0.3, 0.4) is 0 Å². The van der Waals surface area contributed by atoms with E-state index in [1.807, 2.05) is 5.32 Å². The van der Waals surface area contributed by atoms with Crippen LogP contribution in [0.4, 0.5) is 19.0 Å². The fraction of sp³-hybridized carbons (Fsp3) is 0.368. The standard InChI is InChI=1S/C19H19ClF3N7O3S/c1-34(32,33)29-4-5-30(14(9-29)18(31)27-10-19(21,22)23)15-2-3-24-17(28-15)13-8-26-16-12(13)6-11(20)7-25-16/h2-3,6-8,14H,4-5,9-10H2,1H3,(H,25,26)(H,27,31)/t14-/m0/s1. The lowest BCUT2D eigenvalue weighted by Crippen LogP contribution is -2.60. The van der Waals surface area contributed by atoms with E-state index in [2.05, 4.69) is 19.9 Å². The van der Waals surface area contributed by atoms with Gasteiger partial charge in [-0.2, -0.15) is 17.5 Å². The van der Waals surface area contributed by atoms with Crippen molar-refractivity contribution < 1.29 is 26.4 Å². The number of fused-ring (bicyclic) bond motifs is 1. The SMILES string of the molecule is CS(=O)(=O)N1CCN(c2ccnc(-c3c[nH]c4ncc(Cl)cc34)n2)[C@H](C(=O)NCC(F)(F)F)C1. The Morgan fingerprint density at radius 3 is 2.79 bits per heavy atom. The second-order valence-corrected chi connectivity index (χ2v) is 10.1. The quantitative estimate of drug-likeness (QED) is 0.529. The first-order valence-electron chi connectivity index (χ1n) is 9.94. The lowest BCUT2D eigenvalue weighted by molar-refractivity contribution is -0.139. The molecule has 10 nitrogen and oxygen atoms in total. The Balaban J connectivity index is 1.68. The van der Waals surface area contributed by atoms with Crippen molar-refractivity contribution >= 4 is 44.4 Å². The molecule has 1 saturated heterocycles. The Morgan fingerprint density at radius 2 is 2.09 bits per heavy atom. The van der Waals surface area contributed by atoms with Crippen LogP contribution in [0.5, 0.6) is 0 Å². The van der Waals surface area contributed by atoms with Crippen LogP contribution in [0.1, 0.15) is 0 Å². The first-order valence-corrected chi connectivity index (χ1v) is 12.2.